The Morgan fingerprint density at radius 3 is 0.756 bits per heavy atom. The largest absolute Gasteiger partial charge is 0.208 e. The van der Waals surface area contributed by atoms with Crippen LogP contribution in [0.15, 0.2) is 155 Å². The van der Waals surface area contributed by atoms with Crippen LogP contribution in [0.5, 0.6) is 0 Å². The molecule has 0 radical (unpaired) electrons. The van der Waals surface area contributed by atoms with E-state index in [9.17, 15) is 0 Å². The molecule has 0 amide bonds. The number of benzene rings is 6. The molecule has 5 heteroatoms. The van der Waals surface area contributed by atoms with Gasteiger partial charge in [-0.3, -0.25) is 0 Å². The van der Waals surface area contributed by atoms with E-state index >= 15 is 0 Å². The Morgan fingerprint density at radius 1 is 0.289 bits per heavy atom. The van der Waals surface area contributed by atoms with E-state index in [-0.39, 0.29) is 0 Å². The molecule has 0 N–H and O–H groups in total. The summed E-state index contributed by atoms with van der Waals surface area (Å²) in [7, 11) is 0. The fourth-order valence-electron chi connectivity index (χ4n) is 5.25. The predicted molar refractivity (Wildman–Crippen MR) is 192 cm³/mol. The number of aryl methyl sites for hydroxylation is 1. The second kappa shape index (κ2) is 12.6. The van der Waals surface area contributed by atoms with Crippen molar-refractivity contribution in [3.05, 3.63) is 151 Å². The van der Waals surface area contributed by atoms with Crippen LogP contribution in [0.3, 0.4) is 0 Å². The zero-order valence-electron chi connectivity index (χ0n) is 24.6. The molecule has 1 aromatic heterocycles. The lowest BCUT2D eigenvalue weighted by molar-refractivity contribution is 1.07. The average Bonchev–Trinajstić information content (AvgIpc) is 3.09. The second-order valence-corrected chi connectivity index (χ2v) is 12.0. The van der Waals surface area contributed by atoms with Crippen LogP contribution in [0.1, 0.15) is 5.56 Å². The van der Waals surface area contributed by atoms with Crippen LogP contribution in [0.25, 0.3) is 67.5 Å². The maximum absolute atomic E-state index is 4.96. The summed E-state index contributed by atoms with van der Waals surface area (Å²) in [4.78, 5) is 16.8. The van der Waals surface area contributed by atoms with Crippen LogP contribution < -0.4 is 0 Å². The number of rotatable bonds is 6. The number of aromatic nitrogens is 3. The van der Waals surface area contributed by atoms with Gasteiger partial charge in [-0.1, -0.05) is 127 Å². The van der Waals surface area contributed by atoms with Crippen LogP contribution >= 0.6 is 25.3 Å². The molecular formula is C40H29N3S2. The molecule has 0 aliphatic carbocycles. The quantitative estimate of drug-likeness (QED) is 0.183. The van der Waals surface area contributed by atoms with Crippen molar-refractivity contribution < 1.29 is 0 Å². The molecule has 0 atom stereocenters. The molecule has 0 spiro atoms. The molecule has 0 fully saturated rings. The summed E-state index contributed by atoms with van der Waals surface area (Å²) in [5.74, 6) is 1.89. The molecule has 0 saturated heterocycles. The summed E-state index contributed by atoms with van der Waals surface area (Å²) in [6.07, 6.45) is 0. The van der Waals surface area contributed by atoms with E-state index in [0.29, 0.717) is 17.5 Å². The van der Waals surface area contributed by atoms with Gasteiger partial charge in [0.05, 0.1) is 0 Å². The van der Waals surface area contributed by atoms with E-state index in [2.05, 4.69) is 154 Å². The number of nitrogens with zero attached hydrogens (tertiary/aromatic N) is 3. The Balaban J connectivity index is 1.27. The van der Waals surface area contributed by atoms with Gasteiger partial charge in [-0.05, 0) is 64.6 Å². The van der Waals surface area contributed by atoms with Crippen molar-refractivity contribution in [3.8, 4) is 67.5 Å². The van der Waals surface area contributed by atoms with Crippen molar-refractivity contribution in [1.82, 2.24) is 15.0 Å². The SMILES string of the molecule is Cc1ccc(-c2ccc(-c3nc(-c4ccc(-c5ccc(S)cc5)cc4)nc(-c4ccc(-c5ccc(S)cc5)cc4)n3)cc2)cc1. The van der Waals surface area contributed by atoms with Crippen LogP contribution in [0, 0.1) is 6.92 Å². The minimum Gasteiger partial charge on any atom is -0.208 e. The van der Waals surface area contributed by atoms with Crippen LogP contribution in [0.2, 0.25) is 0 Å². The maximum atomic E-state index is 4.96. The third-order valence-electron chi connectivity index (χ3n) is 7.85. The molecule has 0 aliphatic heterocycles. The summed E-state index contributed by atoms with van der Waals surface area (Å²) in [5.41, 5.74) is 10.9. The van der Waals surface area contributed by atoms with Gasteiger partial charge in [-0.15, -0.1) is 25.3 Å². The second-order valence-electron chi connectivity index (χ2n) is 11.0. The van der Waals surface area contributed by atoms with Crippen molar-refractivity contribution in [2.75, 3.05) is 0 Å². The third kappa shape index (κ3) is 6.46. The van der Waals surface area contributed by atoms with Gasteiger partial charge >= 0.3 is 0 Å². The van der Waals surface area contributed by atoms with E-state index in [1.807, 2.05) is 24.3 Å². The molecule has 7 rings (SSSR count). The molecule has 3 nitrogen and oxygen atoms in total. The van der Waals surface area contributed by atoms with Crippen molar-refractivity contribution in [1.29, 1.82) is 0 Å². The Bertz CT molecular complexity index is 1810. The van der Waals surface area contributed by atoms with E-state index in [4.69, 9.17) is 15.0 Å². The molecule has 45 heavy (non-hydrogen) atoms. The van der Waals surface area contributed by atoms with Gasteiger partial charge in [-0.25, -0.2) is 15.0 Å². The first kappa shape index (κ1) is 28.8. The molecule has 7 aromatic rings. The molecule has 0 unspecified atom stereocenters. The Morgan fingerprint density at radius 2 is 0.489 bits per heavy atom. The highest BCUT2D eigenvalue weighted by Gasteiger charge is 2.13. The van der Waals surface area contributed by atoms with Gasteiger partial charge in [0, 0.05) is 26.5 Å². The minimum absolute atomic E-state index is 0.628. The van der Waals surface area contributed by atoms with Gasteiger partial charge in [0.2, 0.25) is 0 Å². The highest BCUT2D eigenvalue weighted by Crippen LogP contribution is 2.30. The predicted octanol–water partition coefficient (Wildman–Crippen LogP) is 10.8. The van der Waals surface area contributed by atoms with Crippen LogP contribution in [-0.4, -0.2) is 15.0 Å². The number of thiol groups is 2. The van der Waals surface area contributed by atoms with Crippen molar-refractivity contribution in [2.24, 2.45) is 0 Å². The standard InChI is InChI=1S/C40H29N3S2/c1-26-2-4-27(5-3-26)28-6-12-33(13-7-28)38-41-39(34-14-8-29(9-15-34)31-18-22-36(44)23-19-31)43-40(42-38)35-16-10-30(11-17-35)32-20-24-37(45)25-21-32/h2-25,44-45H,1H3. The van der Waals surface area contributed by atoms with Crippen molar-refractivity contribution in [3.63, 3.8) is 0 Å². The van der Waals surface area contributed by atoms with Gasteiger partial charge < -0.3 is 0 Å². The zero-order valence-corrected chi connectivity index (χ0v) is 26.4. The lowest BCUT2D eigenvalue weighted by atomic mass is 10.0. The molecule has 6 aromatic carbocycles. The lowest BCUT2D eigenvalue weighted by Crippen LogP contribution is -2.00. The normalized spacial score (nSPS) is 11.0. The first-order valence-corrected chi connectivity index (χ1v) is 15.6. The van der Waals surface area contributed by atoms with Crippen LogP contribution in [0.4, 0.5) is 0 Å². The van der Waals surface area contributed by atoms with Crippen molar-refractivity contribution in [2.45, 2.75) is 16.7 Å². The molecule has 216 valence electrons. The molecule has 0 saturated carbocycles. The summed E-state index contributed by atoms with van der Waals surface area (Å²) in [5, 5.41) is 0. The lowest BCUT2D eigenvalue weighted by Gasteiger charge is -2.10. The first-order valence-electron chi connectivity index (χ1n) is 14.7. The van der Waals surface area contributed by atoms with Crippen LogP contribution in [-0.2, 0) is 0 Å². The Labute approximate surface area is 274 Å². The number of hydrogen-bond acceptors (Lipinski definition) is 5. The maximum Gasteiger partial charge on any atom is 0.164 e. The molecule has 1 heterocycles. The summed E-state index contributed by atoms with van der Waals surface area (Å²) in [6.45, 7) is 2.10. The van der Waals surface area contributed by atoms with E-state index in [1.165, 1.54) is 11.1 Å². The average molecular weight is 616 g/mol. The summed E-state index contributed by atoms with van der Waals surface area (Å²) < 4.78 is 0. The monoisotopic (exact) mass is 615 g/mol. The molecular weight excluding hydrogens is 587 g/mol. The summed E-state index contributed by atoms with van der Waals surface area (Å²) >= 11 is 8.84. The smallest absolute Gasteiger partial charge is 0.164 e. The fraction of sp³-hybridized carbons (Fsp3) is 0.0250. The summed E-state index contributed by atoms with van der Waals surface area (Å²) in [6, 6.07) is 50.0. The van der Waals surface area contributed by atoms with Gasteiger partial charge in [0.15, 0.2) is 17.5 Å². The van der Waals surface area contributed by atoms with Gasteiger partial charge in [-0.2, -0.15) is 0 Å². The zero-order chi connectivity index (χ0) is 30.8. The minimum atomic E-state index is 0.628. The Kier molecular flexibility index (Phi) is 8.04. The molecule has 0 aliphatic rings. The Hall–Kier alpha value is -4.97. The molecule has 0 bridgehead atoms. The highest BCUT2D eigenvalue weighted by atomic mass is 32.1. The fourth-order valence-corrected chi connectivity index (χ4v) is 5.55. The van der Waals surface area contributed by atoms with E-state index < -0.39 is 0 Å². The highest BCUT2D eigenvalue weighted by molar-refractivity contribution is 7.80. The third-order valence-corrected chi connectivity index (χ3v) is 8.45. The first-order chi connectivity index (χ1) is 22.0. The van der Waals surface area contributed by atoms with E-state index in [0.717, 1.165) is 54.3 Å². The van der Waals surface area contributed by atoms with E-state index in [1.54, 1.807) is 0 Å². The number of hydrogen-bond donors (Lipinski definition) is 2. The van der Waals surface area contributed by atoms with Gasteiger partial charge in [0.25, 0.3) is 0 Å². The van der Waals surface area contributed by atoms with Crippen molar-refractivity contribution >= 4 is 25.3 Å². The van der Waals surface area contributed by atoms with Gasteiger partial charge in [0.1, 0.15) is 0 Å². The topological polar surface area (TPSA) is 38.7 Å².